The topological polar surface area (TPSA) is 62.0 Å². The molecule has 0 aliphatic heterocycles. The predicted octanol–water partition coefficient (Wildman–Crippen LogP) is 3.60. The van der Waals surface area contributed by atoms with Gasteiger partial charge in [-0.3, -0.25) is 4.72 Å². The van der Waals surface area contributed by atoms with E-state index in [0.29, 0.717) is 5.69 Å². The molecule has 0 atom stereocenters. The van der Waals surface area contributed by atoms with Gasteiger partial charge in [0, 0.05) is 22.3 Å². The lowest BCUT2D eigenvalue weighted by Crippen LogP contribution is -2.14. The third-order valence-electron chi connectivity index (χ3n) is 3.38. The zero-order valence-corrected chi connectivity index (χ0v) is 12.4. The van der Waals surface area contributed by atoms with Gasteiger partial charge in [-0.15, -0.1) is 0 Å². The summed E-state index contributed by atoms with van der Waals surface area (Å²) in [6, 6.07) is 17.5. The molecule has 2 N–H and O–H groups in total. The van der Waals surface area contributed by atoms with Gasteiger partial charge in [0.2, 0.25) is 10.0 Å². The zero-order chi connectivity index (χ0) is 14.9. The Morgan fingerprint density at radius 3 is 2.43 bits per heavy atom. The first kappa shape index (κ1) is 13.7. The number of fused-ring (bicyclic) bond motifs is 1. The van der Waals surface area contributed by atoms with Crippen LogP contribution < -0.4 is 4.72 Å². The molecule has 5 heteroatoms. The number of hydrogen-bond acceptors (Lipinski definition) is 2. The standard InChI is InChI=1S/C16H16N2O2S/c1-2-21(19,20)18-14-9-7-12(8-10-14)16-11-13-5-3-4-6-15(13)17-16/h3-11,17-18H,2H2,1H3. The molecule has 0 radical (unpaired) electrons. The molecule has 108 valence electrons. The molecule has 0 fully saturated rings. The molecule has 0 unspecified atom stereocenters. The summed E-state index contributed by atoms with van der Waals surface area (Å²) < 4.78 is 25.6. The maximum atomic E-state index is 11.5. The Hall–Kier alpha value is -2.27. The van der Waals surface area contributed by atoms with Crippen molar-refractivity contribution < 1.29 is 8.42 Å². The van der Waals surface area contributed by atoms with Gasteiger partial charge in [-0.25, -0.2) is 8.42 Å². The van der Waals surface area contributed by atoms with Crippen LogP contribution in [0.1, 0.15) is 6.92 Å². The Kier molecular flexibility index (Phi) is 3.43. The summed E-state index contributed by atoms with van der Waals surface area (Å²) in [5, 5.41) is 1.16. The Balaban J connectivity index is 1.90. The molecule has 0 spiro atoms. The van der Waals surface area contributed by atoms with Gasteiger partial charge in [0.05, 0.1) is 5.75 Å². The number of benzene rings is 2. The number of aromatic amines is 1. The lowest BCUT2D eigenvalue weighted by molar-refractivity contribution is 0.602. The summed E-state index contributed by atoms with van der Waals surface area (Å²) in [6.07, 6.45) is 0. The maximum Gasteiger partial charge on any atom is 0.232 e. The molecule has 1 aromatic heterocycles. The molecular formula is C16H16N2O2S. The first-order valence-corrected chi connectivity index (χ1v) is 8.41. The van der Waals surface area contributed by atoms with Crippen LogP contribution in [0.4, 0.5) is 5.69 Å². The van der Waals surface area contributed by atoms with Gasteiger partial charge >= 0.3 is 0 Å². The van der Waals surface area contributed by atoms with Crippen LogP contribution in [0.2, 0.25) is 0 Å². The van der Waals surface area contributed by atoms with Crippen molar-refractivity contribution in [3.05, 3.63) is 54.6 Å². The molecule has 0 aliphatic carbocycles. The number of para-hydroxylation sites is 1. The summed E-state index contributed by atoms with van der Waals surface area (Å²) in [6.45, 7) is 1.61. The Labute approximate surface area is 123 Å². The number of anilines is 1. The minimum atomic E-state index is -3.23. The first-order valence-electron chi connectivity index (χ1n) is 6.76. The second-order valence-electron chi connectivity index (χ2n) is 4.85. The van der Waals surface area contributed by atoms with Crippen LogP contribution >= 0.6 is 0 Å². The van der Waals surface area contributed by atoms with E-state index in [1.54, 1.807) is 19.1 Å². The number of nitrogens with one attached hydrogen (secondary N) is 2. The SMILES string of the molecule is CCS(=O)(=O)Nc1ccc(-c2cc3ccccc3[nH]2)cc1. The van der Waals surface area contributed by atoms with E-state index in [-0.39, 0.29) is 5.75 Å². The third kappa shape index (κ3) is 2.92. The van der Waals surface area contributed by atoms with Crippen molar-refractivity contribution in [1.29, 1.82) is 0 Å². The van der Waals surface area contributed by atoms with E-state index in [4.69, 9.17) is 0 Å². The van der Waals surface area contributed by atoms with E-state index in [0.717, 1.165) is 22.2 Å². The fourth-order valence-electron chi connectivity index (χ4n) is 2.20. The van der Waals surface area contributed by atoms with Crippen LogP contribution in [0.25, 0.3) is 22.2 Å². The molecule has 2 aromatic carbocycles. The van der Waals surface area contributed by atoms with Gasteiger partial charge in [-0.2, -0.15) is 0 Å². The normalized spacial score (nSPS) is 11.7. The average molecular weight is 300 g/mol. The summed E-state index contributed by atoms with van der Waals surface area (Å²) in [7, 11) is -3.23. The lowest BCUT2D eigenvalue weighted by Gasteiger charge is -2.06. The van der Waals surface area contributed by atoms with Crippen molar-refractivity contribution in [3.8, 4) is 11.3 Å². The molecule has 4 nitrogen and oxygen atoms in total. The van der Waals surface area contributed by atoms with Crippen LogP contribution in [-0.4, -0.2) is 19.2 Å². The van der Waals surface area contributed by atoms with Crippen molar-refractivity contribution >= 4 is 26.6 Å². The minimum absolute atomic E-state index is 0.0662. The molecule has 0 bridgehead atoms. The van der Waals surface area contributed by atoms with Gasteiger partial charge in [-0.05, 0) is 36.8 Å². The number of rotatable bonds is 4. The molecular weight excluding hydrogens is 284 g/mol. The summed E-state index contributed by atoms with van der Waals surface area (Å²) >= 11 is 0. The van der Waals surface area contributed by atoms with E-state index in [2.05, 4.69) is 21.8 Å². The van der Waals surface area contributed by atoms with Crippen LogP contribution in [0, 0.1) is 0 Å². The highest BCUT2D eigenvalue weighted by Crippen LogP contribution is 2.25. The summed E-state index contributed by atoms with van der Waals surface area (Å²) in [4.78, 5) is 3.35. The molecule has 0 aliphatic rings. The van der Waals surface area contributed by atoms with Crippen molar-refractivity contribution in [1.82, 2.24) is 4.98 Å². The van der Waals surface area contributed by atoms with E-state index in [1.165, 1.54) is 0 Å². The van der Waals surface area contributed by atoms with Crippen LogP contribution in [0.5, 0.6) is 0 Å². The van der Waals surface area contributed by atoms with E-state index >= 15 is 0 Å². The van der Waals surface area contributed by atoms with Crippen molar-refractivity contribution in [2.24, 2.45) is 0 Å². The lowest BCUT2D eigenvalue weighted by atomic mass is 10.1. The zero-order valence-electron chi connectivity index (χ0n) is 11.6. The van der Waals surface area contributed by atoms with Crippen molar-refractivity contribution in [2.75, 3.05) is 10.5 Å². The second kappa shape index (κ2) is 5.26. The van der Waals surface area contributed by atoms with E-state index in [9.17, 15) is 8.42 Å². The molecule has 3 aromatic rings. The third-order valence-corrected chi connectivity index (χ3v) is 4.69. The molecule has 0 amide bonds. The number of sulfonamides is 1. The Bertz CT molecular complexity index is 832. The highest BCUT2D eigenvalue weighted by molar-refractivity contribution is 7.92. The highest BCUT2D eigenvalue weighted by Gasteiger charge is 2.07. The highest BCUT2D eigenvalue weighted by atomic mass is 32.2. The van der Waals surface area contributed by atoms with Crippen molar-refractivity contribution in [3.63, 3.8) is 0 Å². The van der Waals surface area contributed by atoms with E-state index in [1.807, 2.05) is 30.3 Å². The molecule has 21 heavy (non-hydrogen) atoms. The maximum absolute atomic E-state index is 11.5. The molecule has 0 saturated carbocycles. The van der Waals surface area contributed by atoms with Gasteiger partial charge in [0.25, 0.3) is 0 Å². The second-order valence-corrected chi connectivity index (χ2v) is 6.86. The van der Waals surface area contributed by atoms with Gasteiger partial charge in [0.15, 0.2) is 0 Å². The quantitative estimate of drug-likeness (QED) is 0.773. The smallest absolute Gasteiger partial charge is 0.232 e. The largest absolute Gasteiger partial charge is 0.355 e. The minimum Gasteiger partial charge on any atom is -0.355 e. The molecule has 0 saturated heterocycles. The van der Waals surface area contributed by atoms with Crippen LogP contribution in [-0.2, 0) is 10.0 Å². The molecule has 1 heterocycles. The Morgan fingerprint density at radius 1 is 1.05 bits per heavy atom. The average Bonchev–Trinajstić information content (AvgIpc) is 2.91. The Morgan fingerprint density at radius 2 is 1.76 bits per heavy atom. The van der Waals surface area contributed by atoms with Gasteiger partial charge in [-0.1, -0.05) is 30.3 Å². The summed E-state index contributed by atoms with van der Waals surface area (Å²) in [5.74, 6) is 0.0662. The van der Waals surface area contributed by atoms with Crippen molar-refractivity contribution in [2.45, 2.75) is 6.92 Å². The monoisotopic (exact) mass is 300 g/mol. The fraction of sp³-hybridized carbons (Fsp3) is 0.125. The van der Waals surface area contributed by atoms with Gasteiger partial charge in [0.1, 0.15) is 0 Å². The fourth-order valence-corrected chi connectivity index (χ4v) is 2.84. The number of hydrogen-bond donors (Lipinski definition) is 2. The number of H-pyrrole nitrogens is 1. The predicted molar refractivity (Wildman–Crippen MR) is 86.8 cm³/mol. The molecule has 3 rings (SSSR count). The van der Waals surface area contributed by atoms with Gasteiger partial charge < -0.3 is 4.98 Å². The summed E-state index contributed by atoms with van der Waals surface area (Å²) in [5.41, 5.74) is 3.70. The van der Waals surface area contributed by atoms with Crippen LogP contribution in [0.15, 0.2) is 54.6 Å². The van der Waals surface area contributed by atoms with Crippen LogP contribution in [0.3, 0.4) is 0 Å². The first-order chi connectivity index (χ1) is 10.1. The number of aromatic nitrogens is 1. The van der Waals surface area contributed by atoms with E-state index < -0.39 is 10.0 Å².